The fourth-order valence-corrected chi connectivity index (χ4v) is 4.98. The van der Waals surface area contributed by atoms with Crippen molar-refractivity contribution < 1.29 is 4.79 Å². The van der Waals surface area contributed by atoms with Crippen molar-refractivity contribution in [2.45, 2.75) is 12.5 Å². The summed E-state index contributed by atoms with van der Waals surface area (Å²) in [4.78, 5) is 38.3. The topological polar surface area (TPSA) is 86.3 Å². The minimum atomic E-state index is -0.182. The highest BCUT2D eigenvalue weighted by Gasteiger charge is 2.25. The second-order valence-corrected chi connectivity index (χ2v) is 9.23. The Hall–Kier alpha value is -3.17. The summed E-state index contributed by atoms with van der Waals surface area (Å²) in [6, 6.07) is 11.9. The zero-order valence-corrected chi connectivity index (χ0v) is 18.5. The summed E-state index contributed by atoms with van der Waals surface area (Å²) in [7, 11) is 5.92. The summed E-state index contributed by atoms with van der Waals surface area (Å²) in [6.07, 6.45) is 1.13. The Kier molecular flexibility index (Phi) is 4.79. The number of H-pyrrole nitrogens is 1. The molecule has 1 aliphatic heterocycles. The predicted octanol–water partition coefficient (Wildman–Crippen LogP) is 2.87. The molecule has 31 heavy (non-hydrogen) atoms. The van der Waals surface area contributed by atoms with E-state index < -0.39 is 0 Å². The number of carbonyl (C=O) groups excluding carboxylic acids is 1. The number of aryl methyl sites for hydroxylation is 1. The molecule has 5 rings (SSSR count). The number of hydrogen-bond donors (Lipinski definition) is 2. The number of fused-ring (bicyclic) bond motifs is 2. The van der Waals surface area contributed by atoms with Crippen LogP contribution in [0.1, 0.15) is 16.1 Å². The van der Waals surface area contributed by atoms with E-state index in [9.17, 15) is 9.59 Å². The SMILES string of the molecule is CN(C)C1CCN(c2ccc3cc(C(=O)Nc4ccc5[nH]c(=O)n(C)c5c4)sc3n2)C1. The average Bonchev–Trinajstić information content (AvgIpc) is 3.46. The number of benzene rings is 1. The summed E-state index contributed by atoms with van der Waals surface area (Å²) in [6.45, 7) is 1.96. The normalized spacial score (nSPS) is 16.6. The number of carbonyl (C=O) groups is 1. The Bertz CT molecular complexity index is 1350. The molecule has 1 fully saturated rings. The molecule has 0 bridgehead atoms. The number of nitrogens with one attached hydrogen (secondary N) is 2. The first-order valence-electron chi connectivity index (χ1n) is 10.2. The summed E-state index contributed by atoms with van der Waals surface area (Å²) in [5, 5.41) is 3.90. The predicted molar refractivity (Wildman–Crippen MR) is 125 cm³/mol. The summed E-state index contributed by atoms with van der Waals surface area (Å²) < 4.78 is 1.52. The van der Waals surface area contributed by atoms with E-state index in [0.29, 0.717) is 16.6 Å². The molecule has 1 aromatic carbocycles. The number of thiophene rings is 1. The number of rotatable bonds is 4. The average molecular weight is 437 g/mol. The van der Waals surface area contributed by atoms with Crippen molar-refractivity contribution in [3.63, 3.8) is 0 Å². The van der Waals surface area contributed by atoms with Crippen LogP contribution in [0.2, 0.25) is 0 Å². The van der Waals surface area contributed by atoms with Crippen LogP contribution in [0, 0.1) is 0 Å². The van der Waals surface area contributed by atoms with Gasteiger partial charge in [-0.3, -0.25) is 9.36 Å². The highest BCUT2D eigenvalue weighted by atomic mass is 32.1. The first-order valence-corrected chi connectivity index (χ1v) is 11.0. The van der Waals surface area contributed by atoms with Crippen LogP contribution in [-0.4, -0.2) is 58.6 Å². The maximum Gasteiger partial charge on any atom is 0.326 e. The first-order chi connectivity index (χ1) is 14.9. The number of aromatic amines is 1. The third-order valence-electron chi connectivity index (χ3n) is 5.97. The summed E-state index contributed by atoms with van der Waals surface area (Å²) in [5.74, 6) is 0.780. The van der Waals surface area contributed by atoms with E-state index >= 15 is 0 Å². The van der Waals surface area contributed by atoms with Gasteiger partial charge < -0.3 is 20.1 Å². The molecule has 0 radical (unpaired) electrons. The molecule has 1 atom stereocenters. The van der Waals surface area contributed by atoms with Crippen molar-refractivity contribution in [1.82, 2.24) is 19.4 Å². The second-order valence-electron chi connectivity index (χ2n) is 8.20. The fraction of sp³-hybridized carbons (Fsp3) is 0.318. The Morgan fingerprint density at radius 3 is 2.87 bits per heavy atom. The fourth-order valence-electron chi connectivity index (χ4n) is 4.06. The van der Waals surface area contributed by atoms with Gasteiger partial charge in [0.1, 0.15) is 10.6 Å². The molecule has 0 spiro atoms. The van der Waals surface area contributed by atoms with Gasteiger partial charge in [-0.15, -0.1) is 11.3 Å². The Morgan fingerprint density at radius 2 is 2.10 bits per heavy atom. The maximum absolute atomic E-state index is 12.8. The van der Waals surface area contributed by atoms with Crippen molar-refractivity contribution >= 4 is 50.0 Å². The first kappa shape index (κ1) is 19.8. The van der Waals surface area contributed by atoms with Gasteiger partial charge in [0.25, 0.3) is 5.91 Å². The minimum Gasteiger partial charge on any atom is -0.355 e. The lowest BCUT2D eigenvalue weighted by Gasteiger charge is -2.21. The van der Waals surface area contributed by atoms with E-state index in [-0.39, 0.29) is 11.6 Å². The molecular weight excluding hydrogens is 412 g/mol. The molecule has 9 heteroatoms. The van der Waals surface area contributed by atoms with Crippen LogP contribution in [0.25, 0.3) is 21.3 Å². The van der Waals surface area contributed by atoms with Gasteiger partial charge in [0.15, 0.2) is 0 Å². The van der Waals surface area contributed by atoms with Gasteiger partial charge in [-0.1, -0.05) is 0 Å². The largest absolute Gasteiger partial charge is 0.355 e. The lowest BCUT2D eigenvalue weighted by Crippen LogP contribution is -2.31. The van der Waals surface area contributed by atoms with Gasteiger partial charge in [0.2, 0.25) is 0 Å². The van der Waals surface area contributed by atoms with Crippen molar-refractivity contribution in [3.8, 4) is 0 Å². The lowest BCUT2D eigenvalue weighted by molar-refractivity contribution is 0.103. The van der Waals surface area contributed by atoms with Gasteiger partial charge in [-0.05, 0) is 56.9 Å². The molecule has 1 aliphatic rings. The molecule has 1 amide bonds. The molecule has 4 aromatic rings. The van der Waals surface area contributed by atoms with E-state index in [1.807, 2.05) is 18.2 Å². The molecule has 160 valence electrons. The van der Waals surface area contributed by atoms with E-state index in [2.05, 4.69) is 34.2 Å². The van der Waals surface area contributed by atoms with Gasteiger partial charge >= 0.3 is 5.69 Å². The second kappa shape index (κ2) is 7.51. The molecule has 0 aliphatic carbocycles. The van der Waals surface area contributed by atoms with Crippen molar-refractivity contribution in [1.29, 1.82) is 0 Å². The summed E-state index contributed by atoms with van der Waals surface area (Å²) in [5.41, 5.74) is 1.94. The molecule has 2 N–H and O–H groups in total. The molecule has 4 heterocycles. The van der Waals surface area contributed by atoms with Crippen LogP contribution < -0.4 is 15.9 Å². The van der Waals surface area contributed by atoms with Crippen molar-refractivity contribution in [3.05, 3.63) is 51.8 Å². The zero-order chi connectivity index (χ0) is 21.7. The van der Waals surface area contributed by atoms with E-state index in [1.165, 1.54) is 15.9 Å². The molecule has 8 nitrogen and oxygen atoms in total. The number of aromatic nitrogens is 3. The molecule has 3 aromatic heterocycles. The summed E-state index contributed by atoms with van der Waals surface area (Å²) >= 11 is 1.39. The number of pyridine rings is 1. The monoisotopic (exact) mass is 436 g/mol. The van der Waals surface area contributed by atoms with Crippen LogP contribution >= 0.6 is 11.3 Å². The van der Waals surface area contributed by atoms with Gasteiger partial charge in [-0.25, -0.2) is 9.78 Å². The van der Waals surface area contributed by atoms with E-state index in [0.717, 1.165) is 46.6 Å². The molecular formula is C22H24N6O2S. The minimum absolute atomic E-state index is 0.181. The van der Waals surface area contributed by atoms with Gasteiger partial charge in [0.05, 0.1) is 15.9 Å². The number of amides is 1. The van der Waals surface area contributed by atoms with Crippen LogP contribution in [0.15, 0.2) is 41.2 Å². The smallest absolute Gasteiger partial charge is 0.326 e. The van der Waals surface area contributed by atoms with Crippen LogP contribution in [0.4, 0.5) is 11.5 Å². The Labute approximate surface area is 183 Å². The Morgan fingerprint density at radius 1 is 1.26 bits per heavy atom. The molecule has 1 unspecified atom stereocenters. The Balaban J connectivity index is 1.37. The van der Waals surface area contributed by atoms with E-state index in [1.54, 1.807) is 25.2 Å². The number of likely N-dealkylation sites (N-methyl/N-ethyl adjacent to an activating group) is 1. The number of nitrogens with zero attached hydrogens (tertiary/aromatic N) is 4. The zero-order valence-electron chi connectivity index (χ0n) is 17.7. The number of imidazole rings is 1. The highest BCUT2D eigenvalue weighted by Crippen LogP contribution is 2.29. The standard InChI is InChI=1S/C22H24N6O2S/c1-26(2)15-8-9-28(12-15)19-7-4-13-10-18(31-21(13)25-19)20(29)23-14-5-6-16-17(11-14)27(3)22(30)24-16/h4-7,10-11,15H,8-9,12H2,1-3H3,(H,23,29)(H,24,30). The van der Waals surface area contributed by atoms with Crippen LogP contribution in [0.5, 0.6) is 0 Å². The lowest BCUT2D eigenvalue weighted by atomic mass is 10.2. The van der Waals surface area contributed by atoms with E-state index in [4.69, 9.17) is 4.98 Å². The highest BCUT2D eigenvalue weighted by molar-refractivity contribution is 7.20. The number of hydrogen-bond acceptors (Lipinski definition) is 6. The van der Waals surface area contributed by atoms with Crippen LogP contribution in [-0.2, 0) is 7.05 Å². The van der Waals surface area contributed by atoms with Crippen molar-refractivity contribution in [2.24, 2.45) is 7.05 Å². The third-order valence-corrected chi connectivity index (χ3v) is 7.02. The maximum atomic E-state index is 12.8. The third kappa shape index (κ3) is 3.60. The van der Waals surface area contributed by atoms with Crippen molar-refractivity contribution in [2.75, 3.05) is 37.4 Å². The quantitative estimate of drug-likeness (QED) is 0.514. The molecule has 1 saturated heterocycles. The number of anilines is 2. The molecule has 0 saturated carbocycles. The van der Waals surface area contributed by atoms with Crippen LogP contribution in [0.3, 0.4) is 0 Å². The van der Waals surface area contributed by atoms with Gasteiger partial charge in [0, 0.05) is 37.3 Å². The van der Waals surface area contributed by atoms with Gasteiger partial charge in [-0.2, -0.15) is 0 Å².